The fourth-order valence-electron chi connectivity index (χ4n) is 2.85. The van der Waals surface area contributed by atoms with Crippen molar-refractivity contribution in [1.82, 2.24) is 9.55 Å². The average Bonchev–Trinajstić information content (AvgIpc) is 2.76. The van der Waals surface area contributed by atoms with E-state index in [1.807, 2.05) is 0 Å². The second-order valence-electron chi connectivity index (χ2n) is 5.63. The van der Waals surface area contributed by atoms with Gasteiger partial charge in [-0.25, -0.2) is 4.98 Å². The Balaban J connectivity index is 2.12. The van der Waals surface area contributed by atoms with Crippen LogP contribution in [-0.2, 0) is 19.4 Å². The molecule has 4 heteroatoms. The summed E-state index contributed by atoms with van der Waals surface area (Å²) in [5.41, 5.74) is 1.46. The predicted molar refractivity (Wildman–Crippen MR) is 80.0 cm³/mol. The highest BCUT2D eigenvalue weighted by atomic mass is 32.1. The maximum Gasteiger partial charge on any atom is 0.262 e. The summed E-state index contributed by atoms with van der Waals surface area (Å²) in [6.45, 7) is 5.23. The smallest absolute Gasteiger partial charge is 0.262 e. The van der Waals surface area contributed by atoms with E-state index >= 15 is 0 Å². The lowest BCUT2D eigenvalue weighted by molar-refractivity contribution is 0.509. The Morgan fingerprint density at radius 1 is 1.53 bits per heavy atom. The minimum Gasteiger partial charge on any atom is -0.299 e. The standard InChI is InChI=1S/C15H20N2OS/c1-3-4-7-17-9-16-14-13(15(17)18)11-6-5-10(2)8-12(11)19-14/h9-10H,3-8H2,1-2H3/t10-/m1/s1. The number of hydrogen-bond acceptors (Lipinski definition) is 3. The third-order valence-corrected chi connectivity index (χ3v) is 5.20. The Hall–Kier alpha value is -1.16. The third kappa shape index (κ3) is 2.22. The third-order valence-electron chi connectivity index (χ3n) is 4.03. The van der Waals surface area contributed by atoms with Crippen LogP contribution >= 0.6 is 11.3 Å². The number of aromatic nitrogens is 2. The van der Waals surface area contributed by atoms with E-state index in [2.05, 4.69) is 18.8 Å². The maximum absolute atomic E-state index is 12.6. The van der Waals surface area contributed by atoms with Crippen LogP contribution in [0.15, 0.2) is 11.1 Å². The monoisotopic (exact) mass is 276 g/mol. The van der Waals surface area contributed by atoms with E-state index in [1.54, 1.807) is 22.2 Å². The lowest BCUT2D eigenvalue weighted by Crippen LogP contribution is -2.21. The van der Waals surface area contributed by atoms with Crippen LogP contribution < -0.4 is 5.56 Å². The summed E-state index contributed by atoms with van der Waals surface area (Å²) in [5.74, 6) is 0.739. The lowest BCUT2D eigenvalue weighted by Gasteiger charge is -2.17. The second-order valence-corrected chi connectivity index (χ2v) is 6.71. The van der Waals surface area contributed by atoms with Crippen LogP contribution in [0.4, 0.5) is 0 Å². The van der Waals surface area contributed by atoms with Gasteiger partial charge in [-0.15, -0.1) is 11.3 Å². The molecule has 1 aliphatic carbocycles. The Kier molecular flexibility index (Phi) is 3.44. The first-order valence-electron chi connectivity index (χ1n) is 7.20. The van der Waals surface area contributed by atoms with Crippen LogP contribution in [0.2, 0.25) is 0 Å². The van der Waals surface area contributed by atoms with Crippen molar-refractivity contribution in [3.05, 3.63) is 27.1 Å². The molecule has 0 unspecified atom stereocenters. The molecule has 0 bridgehead atoms. The highest BCUT2D eigenvalue weighted by Gasteiger charge is 2.22. The van der Waals surface area contributed by atoms with Crippen LogP contribution in [-0.4, -0.2) is 9.55 Å². The SMILES string of the molecule is CCCCn1cnc2sc3c(c2c1=O)CC[C@@H](C)C3. The fraction of sp³-hybridized carbons (Fsp3) is 0.600. The van der Waals surface area contributed by atoms with Gasteiger partial charge in [0.05, 0.1) is 11.7 Å². The number of nitrogens with zero attached hydrogens (tertiary/aromatic N) is 2. The van der Waals surface area contributed by atoms with Gasteiger partial charge in [0, 0.05) is 11.4 Å². The predicted octanol–water partition coefficient (Wildman–Crippen LogP) is 3.38. The largest absolute Gasteiger partial charge is 0.299 e. The quantitative estimate of drug-likeness (QED) is 0.861. The molecular formula is C15H20N2OS. The zero-order valence-corrected chi connectivity index (χ0v) is 12.4. The Bertz CT molecular complexity index is 656. The topological polar surface area (TPSA) is 34.9 Å². The van der Waals surface area contributed by atoms with Gasteiger partial charge in [-0.1, -0.05) is 20.3 Å². The van der Waals surface area contributed by atoms with Crippen LogP contribution in [0.1, 0.15) is 43.6 Å². The summed E-state index contributed by atoms with van der Waals surface area (Å²) in [6, 6.07) is 0. The molecule has 1 atom stereocenters. The Morgan fingerprint density at radius 2 is 2.37 bits per heavy atom. The number of thiophene rings is 1. The van der Waals surface area contributed by atoms with E-state index in [0.717, 1.165) is 48.4 Å². The molecule has 0 saturated carbocycles. The molecule has 0 saturated heterocycles. The number of aryl methyl sites for hydroxylation is 2. The Morgan fingerprint density at radius 3 is 3.16 bits per heavy atom. The number of rotatable bonds is 3. The van der Waals surface area contributed by atoms with Gasteiger partial charge in [-0.3, -0.25) is 9.36 Å². The molecule has 0 fully saturated rings. The van der Waals surface area contributed by atoms with Gasteiger partial charge in [0.1, 0.15) is 4.83 Å². The van der Waals surface area contributed by atoms with Gasteiger partial charge in [0.15, 0.2) is 0 Å². The molecule has 2 aromatic rings. The molecule has 0 radical (unpaired) electrons. The van der Waals surface area contributed by atoms with Gasteiger partial charge >= 0.3 is 0 Å². The average molecular weight is 276 g/mol. The van der Waals surface area contributed by atoms with Gasteiger partial charge in [-0.05, 0) is 37.2 Å². The summed E-state index contributed by atoms with van der Waals surface area (Å²) in [4.78, 5) is 19.4. The summed E-state index contributed by atoms with van der Waals surface area (Å²) in [7, 11) is 0. The summed E-state index contributed by atoms with van der Waals surface area (Å²) < 4.78 is 1.79. The highest BCUT2D eigenvalue weighted by molar-refractivity contribution is 7.18. The first-order valence-corrected chi connectivity index (χ1v) is 8.02. The minimum atomic E-state index is 0.172. The molecule has 0 aliphatic heterocycles. The van der Waals surface area contributed by atoms with Gasteiger partial charge < -0.3 is 0 Å². The van der Waals surface area contributed by atoms with Gasteiger partial charge in [-0.2, -0.15) is 0 Å². The molecule has 2 aromatic heterocycles. The molecule has 3 rings (SSSR count). The van der Waals surface area contributed by atoms with Gasteiger partial charge in [0.2, 0.25) is 0 Å². The van der Waals surface area contributed by atoms with E-state index in [1.165, 1.54) is 16.9 Å². The van der Waals surface area contributed by atoms with Crippen molar-refractivity contribution in [2.45, 2.75) is 52.5 Å². The van der Waals surface area contributed by atoms with Crippen molar-refractivity contribution in [1.29, 1.82) is 0 Å². The van der Waals surface area contributed by atoms with Crippen molar-refractivity contribution in [2.24, 2.45) is 5.92 Å². The Labute approximate surface area is 117 Å². The summed E-state index contributed by atoms with van der Waals surface area (Å²) in [5, 5.41) is 0.908. The molecule has 0 spiro atoms. The molecule has 3 nitrogen and oxygen atoms in total. The number of fused-ring (bicyclic) bond motifs is 3. The number of unbranched alkanes of at least 4 members (excludes halogenated alkanes) is 1. The zero-order valence-electron chi connectivity index (χ0n) is 11.6. The van der Waals surface area contributed by atoms with Crippen LogP contribution in [0, 0.1) is 5.92 Å². The van der Waals surface area contributed by atoms with Crippen molar-refractivity contribution in [2.75, 3.05) is 0 Å². The zero-order chi connectivity index (χ0) is 13.4. The van der Waals surface area contributed by atoms with Crippen molar-refractivity contribution in [3.63, 3.8) is 0 Å². The molecular weight excluding hydrogens is 256 g/mol. The van der Waals surface area contributed by atoms with E-state index in [-0.39, 0.29) is 5.56 Å². The van der Waals surface area contributed by atoms with E-state index < -0.39 is 0 Å². The van der Waals surface area contributed by atoms with Crippen molar-refractivity contribution in [3.8, 4) is 0 Å². The van der Waals surface area contributed by atoms with Crippen molar-refractivity contribution < 1.29 is 0 Å². The summed E-state index contributed by atoms with van der Waals surface area (Å²) >= 11 is 1.73. The molecule has 0 amide bonds. The van der Waals surface area contributed by atoms with E-state index in [9.17, 15) is 4.79 Å². The first kappa shape index (κ1) is 12.9. The van der Waals surface area contributed by atoms with Gasteiger partial charge in [0.25, 0.3) is 5.56 Å². The minimum absolute atomic E-state index is 0.172. The molecule has 102 valence electrons. The fourth-order valence-corrected chi connectivity index (χ4v) is 4.19. The first-order chi connectivity index (χ1) is 9.20. The van der Waals surface area contributed by atoms with Crippen LogP contribution in [0.5, 0.6) is 0 Å². The summed E-state index contributed by atoms with van der Waals surface area (Å²) in [6.07, 6.45) is 7.23. The number of hydrogen-bond donors (Lipinski definition) is 0. The second kappa shape index (κ2) is 5.08. The highest BCUT2D eigenvalue weighted by Crippen LogP contribution is 2.35. The van der Waals surface area contributed by atoms with E-state index in [4.69, 9.17) is 0 Å². The van der Waals surface area contributed by atoms with Crippen LogP contribution in [0.25, 0.3) is 10.2 Å². The lowest BCUT2D eigenvalue weighted by atomic mass is 9.89. The van der Waals surface area contributed by atoms with Crippen molar-refractivity contribution >= 4 is 21.6 Å². The molecule has 2 heterocycles. The molecule has 0 N–H and O–H groups in total. The normalized spacial score (nSPS) is 18.7. The molecule has 0 aromatic carbocycles. The molecule has 1 aliphatic rings. The molecule has 19 heavy (non-hydrogen) atoms. The maximum atomic E-state index is 12.6. The van der Waals surface area contributed by atoms with E-state index in [0.29, 0.717) is 0 Å². The van der Waals surface area contributed by atoms with Crippen LogP contribution in [0.3, 0.4) is 0 Å².